The second-order valence-corrected chi connectivity index (χ2v) is 5.82. The van der Waals surface area contributed by atoms with Gasteiger partial charge in [-0.15, -0.1) is 0 Å². The summed E-state index contributed by atoms with van der Waals surface area (Å²) in [6, 6.07) is 12.4. The SMILES string of the molecule is CCOc1ccc(-c2cc(C(=O)O)c3cccc(C)c3n2)cc1Cl. The number of hydrogen-bond acceptors (Lipinski definition) is 3. The second kappa shape index (κ2) is 6.49. The maximum Gasteiger partial charge on any atom is 0.336 e. The van der Waals surface area contributed by atoms with Crippen LogP contribution in [0.5, 0.6) is 5.75 Å². The first-order chi connectivity index (χ1) is 11.5. The summed E-state index contributed by atoms with van der Waals surface area (Å²) >= 11 is 6.24. The Balaban J connectivity index is 2.21. The molecule has 3 rings (SSSR count). The lowest BCUT2D eigenvalue weighted by molar-refractivity contribution is 0.0699. The molecule has 0 unspecified atom stereocenters. The predicted octanol–water partition coefficient (Wildman–Crippen LogP) is 4.96. The Hall–Kier alpha value is -2.59. The number of benzene rings is 2. The molecule has 122 valence electrons. The fourth-order valence-corrected chi connectivity index (χ4v) is 2.88. The summed E-state index contributed by atoms with van der Waals surface area (Å²) in [5.74, 6) is -0.385. The molecule has 4 nitrogen and oxygen atoms in total. The zero-order chi connectivity index (χ0) is 17.3. The van der Waals surface area contributed by atoms with Crippen LogP contribution in [-0.4, -0.2) is 22.7 Å². The highest BCUT2D eigenvalue weighted by Gasteiger charge is 2.15. The third kappa shape index (κ3) is 2.93. The van der Waals surface area contributed by atoms with Crippen LogP contribution in [0.3, 0.4) is 0 Å². The molecule has 5 heteroatoms. The van der Waals surface area contributed by atoms with Gasteiger partial charge in [-0.25, -0.2) is 9.78 Å². The number of aromatic nitrogens is 1. The number of pyridine rings is 1. The average Bonchev–Trinajstić information content (AvgIpc) is 2.56. The lowest BCUT2D eigenvalue weighted by Gasteiger charge is -2.11. The molecular weight excluding hydrogens is 326 g/mol. The van der Waals surface area contributed by atoms with E-state index in [1.54, 1.807) is 24.3 Å². The minimum absolute atomic E-state index is 0.226. The Bertz CT molecular complexity index is 937. The Labute approximate surface area is 144 Å². The molecule has 0 aliphatic heterocycles. The average molecular weight is 342 g/mol. The van der Waals surface area contributed by atoms with Gasteiger partial charge in [0.2, 0.25) is 0 Å². The molecule has 0 aliphatic rings. The molecule has 0 bridgehead atoms. The van der Waals surface area contributed by atoms with E-state index in [-0.39, 0.29) is 5.56 Å². The minimum Gasteiger partial charge on any atom is -0.492 e. The fraction of sp³-hybridized carbons (Fsp3) is 0.158. The van der Waals surface area contributed by atoms with E-state index < -0.39 is 5.97 Å². The van der Waals surface area contributed by atoms with Crippen molar-refractivity contribution in [3.05, 3.63) is 58.6 Å². The van der Waals surface area contributed by atoms with E-state index >= 15 is 0 Å². The number of para-hydroxylation sites is 1. The summed E-state index contributed by atoms with van der Waals surface area (Å²) in [6.45, 7) is 4.32. The van der Waals surface area contributed by atoms with E-state index in [1.807, 2.05) is 32.0 Å². The number of carboxylic acid groups (broad SMARTS) is 1. The van der Waals surface area contributed by atoms with E-state index in [0.717, 1.165) is 11.1 Å². The van der Waals surface area contributed by atoms with Gasteiger partial charge >= 0.3 is 5.97 Å². The zero-order valence-corrected chi connectivity index (χ0v) is 14.1. The van der Waals surface area contributed by atoms with Gasteiger partial charge in [-0.2, -0.15) is 0 Å². The maximum atomic E-state index is 11.6. The Kier molecular flexibility index (Phi) is 4.40. The summed E-state index contributed by atoms with van der Waals surface area (Å²) in [6.07, 6.45) is 0. The number of aryl methyl sites for hydroxylation is 1. The summed E-state index contributed by atoms with van der Waals surface area (Å²) < 4.78 is 5.43. The maximum absolute atomic E-state index is 11.6. The molecule has 1 heterocycles. The van der Waals surface area contributed by atoms with Crippen LogP contribution in [-0.2, 0) is 0 Å². The third-order valence-corrected chi connectivity index (χ3v) is 4.09. The minimum atomic E-state index is -0.980. The predicted molar refractivity (Wildman–Crippen MR) is 95.1 cm³/mol. The number of ether oxygens (including phenoxy) is 1. The van der Waals surface area contributed by atoms with Crippen LogP contribution < -0.4 is 4.74 Å². The normalized spacial score (nSPS) is 10.8. The molecule has 0 saturated carbocycles. The number of carbonyl (C=O) groups is 1. The Morgan fingerprint density at radius 1 is 1.25 bits per heavy atom. The lowest BCUT2D eigenvalue weighted by atomic mass is 10.0. The van der Waals surface area contributed by atoms with Crippen LogP contribution in [0.1, 0.15) is 22.8 Å². The monoisotopic (exact) mass is 341 g/mol. The highest BCUT2D eigenvalue weighted by Crippen LogP contribution is 2.32. The van der Waals surface area contributed by atoms with Gasteiger partial charge in [0.05, 0.1) is 28.4 Å². The van der Waals surface area contributed by atoms with Gasteiger partial charge in [0.25, 0.3) is 0 Å². The summed E-state index contributed by atoms with van der Waals surface area (Å²) in [5, 5.41) is 10.6. The summed E-state index contributed by atoms with van der Waals surface area (Å²) in [5.41, 5.74) is 3.14. The van der Waals surface area contributed by atoms with Crippen molar-refractivity contribution >= 4 is 28.5 Å². The molecule has 0 spiro atoms. The van der Waals surface area contributed by atoms with Crippen LogP contribution in [0, 0.1) is 6.92 Å². The van der Waals surface area contributed by atoms with E-state index in [9.17, 15) is 9.90 Å². The van der Waals surface area contributed by atoms with Gasteiger partial charge in [-0.1, -0.05) is 29.8 Å². The summed E-state index contributed by atoms with van der Waals surface area (Å²) in [4.78, 5) is 16.3. The molecule has 0 atom stereocenters. The van der Waals surface area contributed by atoms with E-state index in [2.05, 4.69) is 4.98 Å². The molecule has 0 fully saturated rings. The van der Waals surface area contributed by atoms with Crippen LogP contribution in [0.25, 0.3) is 22.2 Å². The first-order valence-electron chi connectivity index (χ1n) is 7.57. The van der Waals surface area contributed by atoms with Gasteiger partial charge < -0.3 is 9.84 Å². The number of halogens is 1. The van der Waals surface area contributed by atoms with Gasteiger partial charge in [-0.3, -0.25) is 0 Å². The van der Waals surface area contributed by atoms with Gasteiger partial charge in [0.1, 0.15) is 5.75 Å². The van der Waals surface area contributed by atoms with E-state index in [0.29, 0.717) is 34.0 Å². The topological polar surface area (TPSA) is 59.4 Å². The van der Waals surface area contributed by atoms with E-state index in [4.69, 9.17) is 16.3 Å². The molecule has 0 saturated heterocycles. The highest BCUT2D eigenvalue weighted by molar-refractivity contribution is 6.32. The molecule has 1 aromatic heterocycles. The standard InChI is InChI=1S/C19H16ClNO3/c1-3-24-17-8-7-12(9-15(17)20)16-10-14(19(22)23)13-6-4-5-11(2)18(13)21-16/h4-10H,3H2,1-2H3,(H,22,23). The van der Waals surface area contributed by atoms with Crippen molar-refractivity contribution < 1.29 is 14.6 Å². The molecule has 24 heavy (non-hydrogen) atoms. The number of rotatable bonds is 4. The molecule has 0 aliphatic carbocycles. The second-order valence-electron chi connectivity index (χ2n) is 5.41. The largest absolute Gasteiger partial charge is 0.492 e. The Morgan fingerprint density at radius 2 is 2.04 bits per heavy atom. The smallest absolute Gasteiger partial charge is 0.336 e. The van der Waals surface area contributed by atoms with Crippen molar-refractivity contribution in [2.45, 2.75) is 13.8 Å². The molecule has 3 aromatic rings. The van der Waals surface area contributed by atoms with Crippen LogP contribution in [0.2, 0.25) is 5.02 Å². The number of carboxylic acids is 1. The molecule has 0 radical (unpaired) electrons. The van der Waals surface area contributed by atoms with Crippen LogP contribution in [0.15, 0.2) is 42.5 Å². The van der Waals surface area contributed by atoms with Crippen molar-refractivity contribution in [3.8, 4) is 17.0 Å². The lowest BCUT2D eigenvalue weighted by Crippen LogP contribution is -2.01. The first-order valence-corrected chi connectivity index (χ1v) is 7.95. The summed E-state index contributed by atoms with van der Waals surface area (Å²) in [7, 11) is 0. The van der Waals surface area contributed by atoms with E-state index in [1.165, 1.54) is 0 Å². The first kappa shape index (κ1) is 16.3. The van der Waals surface area contributed by atoms with Crippen molar-refractivity contribution in [3.63, 3.8) is 0 Å². The van der Waals surface area contributed by atoms with Gasteiger partial charge in [0, 0.05) is 10.9 Å². The quantitative estimate of drug-likeness (QED) is 0.728. The van der Waals surface area contributed by atoms with Gasteiger partial charge in [0.15, 0.2) is 0 Å². The molecule has 1 N–H and O–H groups in total. The number of aromatic carboxylic acids is 1. The fourth-order valence-electron chi connectivity index (χ4n) is 2.65. The van der Waals surface area contributed by atoms with Crippen molar-refractivity contribution in [2.24, 2.45) is 0 Å². The van der Waals surface area contributed by atoms with Crippen LogP contribution in [0.4, 0.5) is 0 Å². The third-order valence-electron chi connectivity index (χ3n) is 3.80. The molecule has 2 aromatic carbocycles. The van der Waals surface area contributed by atoms with Crippen molar-refractivity contribution in [1.29, 1.82) is 0 Å². The zero-order valence-electron chi connectivity index (χ0n) is 13.3. The number of hydrogen-bond donors (Lipinski definition) is 1. The van der Waals surface area contributed by atoms with Crippen LogP contribution >= 0.6 is 11.6 Å². The van der Waals surface area contributed by atoms with Crippen molar-refractivity contribution in [2.75, 3.05) is 6.61 Å². The van der Waals surface area contributed by atoms with Crippen molar-refractivity contribution in [1.82, 2.24) is 4.98 Å². The van der Waals surface area contributed by atoms with Gasteiger partial charge in [-0.05, 0) is 43.7 Å². The highest BCUT2D eigenvalue weighted by atomic mass is 35.5. The Morgan fingerprint density at radius 3 is 2.71 bits per heavy atom. The number of nitrogens with zero attached hydrogens (tertiary/aromatic N) is 1. The molecule has 0 amide bonds. The number of fused-ring (bicyclic) bond motifs is 1. The molecular formula is C19H16ClNO3.